The van der Waals surface area contributed by atoms with Gasteiger partial charge in [0.15, 0.2) is 0 Å². The maximum absolute atomic E-state index is 11.8. The maximum atomic E-state index is 11.8. The molecule has 0 saturated heterocycles. The van der Waals surface area contributed by atoms with E-state index in [1.807, 2.05) is 25.9 Å². The normalized spacial score (nSPS) is 13.4. The van der Waals surface area contributed by atoms with Crippen molar-refractivity contribution in [3.05, 3.63) is 29.8 Å². The molecule has 18 heavy (non-hydrogen) atoms. The molecule has 0 fully saturated rings. The molecule has 1 atom stereocenters. The first-order valence-corrected chi connectivity index (χ1v) is 6.86. The topological polar surface area (TPSA) is 92.5 Å². The molecule has 7 heteroatoms. The number of carbonyl (C=O) groups excluding carboxylic acids is 1. The number of benzene rings is 1. The lowest BCUT2D eigenvalue weighted by atomic mass is 10.2. The zero-order valence-corrected chi connectivity index (χ0v) is 11.4. The summed E-state index contributed by atoms with van der Waals surface area (Å²) in [5.41, 5.74) is 0.385. The molecule has 1 aromatic carbocycles. The highest BCUT2D eigenvalue weighted by atomic mass is 32.2. The van der Waals surface area contributed by atoms with Crippen LogP contribution in [0.2, 0.25) is 0 Å². The highest BCUT2D eigenvalue weighted by molar-refractivity contribution is 7.89. The SMILES string of the molecule is CC(NC(=O)c1ccc(S(N)(=O)=O)cc1)N(C)C. The van der Waals surface area contributed by atoms with E-state index in [4.69, 9.17) is 5.14 Å². The van der Waals surface area contributed by atoms with Crippen LogP contribution in [0, 0.1) is 0 Å². The lowest BCUT2D eigenvalue weighted by molar-refractivity contribution is 0.0900. The number of hydrogen-bond donors (Lipinski definition) is 2. The van der Waals surface area contributed by atoms with Crippen LogP contribution >= 0.6 is 0 Å². The standard InChI is InChI=1S/C11H17N3O3S/c1-8(14(2)3)13-11(15)9-4-6-10(7-5-9)18(12,16)17/h4-8H,1-3H3,(H,13,15)(H2,12,16,17). The van der Waals surface area contributed by atoms with E-state index < -0.39 is 10.0 Å². The Balaban J connectivity index is 2.83. The monoisotopic (exact) mass is 271 g/mol. The van der Waals surface area contributed by atoms with Gasteiger partial charge >= 0.3 is 0 Å². The molecule has 0 aliphatic carbocycles. The van der Waals surface area contributed by atoms with E-state index in [1.165, 1.54) is 24.3 Å². The molecule has 1 rings (SSSR count). The first-order valence-electron chi connectivity index (χ1n) is 5.32. The molecule has 0 saturated carbocycles. The van der Waals surface area contributed by atoms with Crippen LogP contribution in [-0.2, 0) is 10.0 Å². The Hall–Kier alpha value is -1.44. The average molecular weight is 271 g/mol. The fourth-order valence-corrected chi connectivity index (χ4v) is 1.71. The van der Waals surface area contributed by atoms with Crippen molar-refractivity contribution in [1.29, 1.82) is 0 Å². The molecular formula is C11H17N3O3S. The van der Waals surface area contributed by atoms with Crippen LogP contribution in [0.25, 0.3) is 0 Å². The van der Waals surface area contributed by atoms with Crippen molar-refractivity contribution >= 4 is 15.9 Å². The number of carbonyl (C=O) groups is 1. The summed E-state index contributed by atoms with van der Waals surface area (Å²) in [4.78, 5) is 13.6. The van der Waals surface area contributed by atoms with Crippen LogP contribution in [0.3, 0.4) is 0 Å². The first-order chi connectivity index (χ1) is 8.21. The Morgan fingerprint density at radius 3 is 2.17 bits per heavy atom. The Kier molecular flexibility index (Phi) is 4.44. The number of sulfonamides is 1. The predicted molar refractivity (Wildman–Crippen MR) is 68.4 cm³/mol. The minimum absolute atomic E-state index is 0.0142. The van der Waals surface area contributed by atoms with Crippen LogP contribution in [0.5, 0.6) is 0 Å². The van der Waals surface area contributed by atoms with E-state index in [1.54, 1.807) is 0 Å². The molecule has 0 aliphatic rings. The molecule has 6 nitrogen and oxygen atoms in total. The van der Waals surface area contributed by atoms with E-state index in [2.05, 4.69) is 5.32 Å². The van der Waals surface area contributed by atoms with Gasteiger partial charge in [-0.2, -0.15) is 0 Å². The van der Waals surface area contributed by atoms with Crippen molar-refractivity contribution in [2.45, 2.75) is 18.0 Å². The molecule has 0 bridgehead atoms. The Labute approximate surface area is 107 Å². The van der Waals surface area contributed by atoms with Gasteiger partial charge in [-0.1, -0.05) is 0 Å². The summed E-state index contributed by atoms with van der Waals surface area (Å²) in [7, 11) is -0.0371. The third kappa shape index (κ3) is 3.80. The number of nitrogens with two attached hydrogens (primary N) is 1. The van der Waals surface area contributed by atoms with Crippen molar-refractivity contribution in [2.75, 3.05) is 14.1 Å². The zero-order valence-electron chi connectivity index (χ0n) is 10.5. The quantitative estimate of drug-likeness (QED) is 0.752. The third-order valence-corrected chi connectivity index (χ3v) is 3.49. The summed E-state index contributed by atoms with van der Waals surface area (Å²) in [6, 6.07) is 5.48. The minimum atomic E-state index is -3.72. The Morgan fingerprint density at radius 1 is 1.28 bits per heavy atom. The van der Waals surface area contributed by atoms with Gasteiger partial charge in [0, 0.05) is 5.56 Å². The number of rotatable bonds is 4. The average Bonchev–Trinajstić information content (AvgIpc) is 2.27. The van der Waals surface area contributed by atoms with Gasteiger partial charge in [-0.05, 0) is 45.3 Å². The van der Waals surface area contributed by atoms with Gasteiger partial charge in [0.1, 0.15) is 0 Å². The van der Waals surface area contributed by atoms with Gasteiger partial charge in [-0.15, -0.1) is 0 Å². The van der Waals surface area contributed by atoms with E-state index in [0.29, 0.717) is 5.56 Å². The molecule has 1 aromatic rings. The van der Waals surface area contributed by atoms with Crippen LogP contribution in [0.15, 0.2) is 29.2 Å². The smallest absolute Gasteiger partial charge is 0.252 e. The molecule has 0 aliphatic heterocycles. The van der Waals surface area contributed by atoms with Gasteiger partial charge in [-0.25, -0.2) is 13.6 Å². The van der Waals surface area contributed by atoms with Crippen LogP contribution in [0.4, 0.5) is 0 Å². The molecule has 1 unspecified atom stereocenters. The highest BCUT2D eigenvalue weighted by Crippen LogP contribution is 2.08. The lowest BCUT2D eigenvalue weighted by Crippen LogP contribution is -2.42. The fraction of sp³-hybridized carbons (Fsp3) is 0.364. The zero-order chi connectivity index (χ0) is 13.9. The summed E-state index contributed by atoms with van der Waals surface area (Å²) in [6.07, 6.45) is -0.115. The maximum Gasteiger partial charge on any atom is 0.252 e. The van der Waals surface area contributed by atoms with E-state index in [-0.39, 0.29) is 17.0 Å². The molecule has 3 N–H and O–H groups in total. The van der Waals surface area contributed by atoms with E-state index >= 15 is 0 Å². The highest BCUT2D eigenvalue weighted by Gasteiger charge is 2.12. The van der Waals surface area contributed by atoms with Crippen LogP contribution in [0.1, 0.15) is 17.3 Å². The summed E-state index contributed by atoms with van der Waals surface area (Å²) in [6.45, 7) is 1.84. The first kappa shape index (κ1) is 14.6. The fourth-order valence-electron chi connectivity index (χ4n) is 1.20. The van der Waals surface area contributed by atoms with Crippen molar-refractivity contribution in [2.24, 2.45) is 5.14 Å². The van der Waals surface area contributed by atoms with Gasteiger partial charge in [0.05, 0.1) is 11.1 Å². The molecule has 0 aromatic heterocycles. The van der Waals surface area contributed by atoms with Gasteiger partial charge in [-0.3, -0.25) is 9.69 Å². The van der Waals surface area contributed by atoms with E-state index in [9.17, 15) is 13.2 Å². The molecule has 0 radical (unpaired) electrons. The summed E-state index contributed by atoms with van der Waals surface area (Å²) >= 11 is 0. The lowest BCUT2D eigenvalue weighted by Gasteiger charge is -2.20. The largest absolute Gasteiger partial charge is 0.337 e. The number of nitrogens with zero attached hydrogens (tertiary/aromatic N) is 1. The molecule has 0 heterocycles. The number of nitrogens with one attached hydrogen (secondary N) is 1. The summed E-state index contributed by atoms with van der Waals surface area (Å²) in [5, 5.41) is 7.73. The Morgan fingerprint density at radius 2 is 1.78 bits per heavy atom. The second-order valence-electron chi connectivity index (χ2n) is 4.18. The number of hydrogen-bond acceptors (Lipinski definition) is 4. The third-order valence-electron chi connectivity index (χ3n) is 2.56. The minimum Gasteiger partial charge on any atom is -0.337 e. The molecule has 0 spiro atoms. The van der Waals surface area contributed by atoms with Crippen molar-refractivity contribution in [1.82, 2.24) is 10.2 Å². The summed E-state index contributed by atoms with van der Waals surface area (Å²) < 4.78 is 22.1. The van der Waals surface area contributed by atoms with Gasteiger partial charge in [0.25, 0.3) is 5.91 Å². The van der Waals surface area contributed by atoms with Crippen LogP contribution in [-0.4, -0.2) is 39.5 Å². The predicted octanol–water partition coefficient (Wildman–Crippen LogP) is -0.0286. The van der Waals surface area contributed by atoms with Crippen molar-refractivity contribution in [3.63, 3.8) is 0 Å². The van der Waals surface area contributed by atoms with Crippen molar-refractivity contribution < 1.29 is 13.2 Å². The molecule has 100 valence electrons. The van der Waals surface area contributed by atoms with Gasteiger partial charge < -0.3 is 5.32 Å². The Bertz CT molecular complexity index is 523. The number of amides is 1. The van der Waals surface area contributed by atoms with Gasteiger partial charge in [0.2, 0.25) is 10.0 Å². The molecular weight excluding hydrogens is 254 g/mol. The van der Waals surface area contributed by atoms with Crippen molar-refractivity contribution in [3.8, 4) is 0 Å². The summed E-state index contributed by atoms with van der Waals surface area (Å²) in [5.74, 6) is -0.267. The van der Waals surface area contributed by atoms with E-state index in [0.717, 1.165) is 0 Å². The number of primary sulfonamides is 1. The second kappa shape index (κ2) is 5.47. The second-order valence-corrected chi connectivity index (χ2v) is 5.74. The molecule has 1 amide bonds. The van der Waals surface area contributed by atoms with Crippen LogP contribution < -0.4 is 10.5 Å².